The summed E-state index contributed by atoms with van der Waals surface area (Å²) in [4.78, 5) is 35.9. The zero-order valence-electron chi connectivity index (χ0n) is 11.4. The fourth-order valence-electron chi connectivity index (χ4n) is 2.19. The SMILES string of the molecule is COC(=O)C1(C(=O)OC)Cc2ccc(C)cc2C(=O)O1. The molecule has 2 rings (SSSR count). The summed E-state index contributed by atoms with van der Waals surface area (Å²) < 4.78 is 14.2. The van der Waals surface area contributed by atoms with Crippen molar-refractivity contribution < 1.29 is 28.6 Å². The van der Waals surface area contributed by atoms with E-state index in [1.54, 1.807) is 18.2 Å². The third-order valence-corrected chi connectivity index (χ3v) is 3.22. The summed E-state index contributed by atoms with van der Waals surface area (Å²) in [6, 6.07) is 5.12. The van der Waals surface area contributed by atoms with E-state index in [-0.39, 0.29) is 6.42 Å². The smallest absolute Gasteiger partial charge is 0.362 e. The summed E-state index contributed by atoms with van der Waals surface area (Å²) in [6.07, 6.45) is -0.103. The lowest BCUT2D eigenvalue weighted by Gasteiger charge is -2.32. The lowest BCUT2D eigenvalue weighted by molar-refractivity contribution is -0.181. The molecule has 1 aliphatic heterocycles. The minimum absolute atomic E-state index is 0.103. The van der Waals surface area contributed by atoms with Crippen LogP contribution in [-0.4, -0.2) is 37.7 Å². The number of hydrogen-bond donors (Lipinski definition) is 0. The summed E-state index contributed by atoms with van der Waals surface area (Å²) >= 11 is 0. The number of hydrogen-bond acceptors (Lipinski definition) is 6. The molecule has 106 valence electrons. The van der Waals surface area contributed by atoms with Gasteiger partial charge in [0.05, 0.1) is 19.8 Å². The van der Waals surface area contributed by atoms with Gasteiger partial charge >= 0.3 is 23.5 Å². The van der Waals surface area contributed by atoms with Crippen molar-refractivity contribution in [2.24, 2.45) is 0 Å². The van der Waals surface area contributed by atoms with Gasteiger partial charge in [0.25, 0.3) is 0 Å². The predicted molar refractivity (Wildman–Crippen MR) is 67.1 cm³/mol. The third kappa shape index (κ3) is 2.03. The van der Waals surface area contributed by atoms with E-state index in [0.717, 1.165) is 19.8 Å². The van der Waals surface area contributed by atoms with Gasteiger partial charge in [-0.25, -0.2) is 14.4 Å². The molecule has 0 aliphatic carbocycles. The highest BCUT2D eigenvalue weighted by atomic mass is 16.6. The summed E-state index contributed by atoms with van der Waals surface area (Å²) in [5.41, 5.74) is -0.302. The van der Waals surface area contributed by atoms with Crippen molar-refractivity contribution in [3.8, 4) is 0 Å². The molecular formula is C14H14O6. The Labute approximate surface area is 115 Å². The van der Waals surface area contributed by atoms with E-state index >= 15 is 0 Å². The van der Waals surface area contributed by atoms with Crippen molar-refractivity contribution >= 4 is 17.9 Å². The van der Waals surface area contributed by atoms with Gasteiger partial charge in [0.15, 0.2) is 0 Å². The molecule has 0 saturated carbocycles. The van der Waals surface area contributed by atoms with Crippen LogP contribution in [0, 0.1) is 6.92 Å². The fraction of sp³-hybridized carbons (Fsp3) is 0.357. The molecule has 6 heteroatoms. The molecule has 0 saturated heterocycles. The second-order valence-corrected chi connectivity index (χ2v) is 4.54. The average molecular weight is 278 g/mol. The van der Waals surface area contributed by atoms with Crippen LogP contribution in [0.15, 0.2) is 18.2 Å². The van der Waals surface area contributed by atoms with Crippen LogP contribution in [0.1, 0.15) is 21.5 Å². The van der Waals surface area contributed by atoms with Gasteiger partial charge in [0.1, 0.15) is 0 Å². The van der Waals surface area contributed by atoms with E-state index in [9.17, 15) is 14.4 Å². The van der Waals surface area contributed by atoms with E-state index in [4.69, 9.17) is 4.74 Å². The standard InChI is InChI=1S/C14H14O6/c1-8-4-5-9-7-14(12(16)18-2,13(17)19-3)20-11(15)10(9)6-8/h4-6H,7H2,1-3H3. The normalized spacial score (nSPS) is 15.8. The van der Waals surface area contributed by atoms with Crippen molar-refractivity contribution in [2.45, 2.75) is 18.9 Å². The second kappa shape index (κ2) is 4.96. The minimum Gasteiger partial charge on any atom is -0.466 e. The number of fused-ring (bicyclic) bond motifs is 1. The number of carbonyl (C=O) groups is 3. The first-order chi connectivity index (χ1) is 9.44. The van der Waals surface area contributed by atoms with Gasteiger partial charge in [0, 0.05) is 6.42 Å². The quantitative estimate of drug-likeness (QED) is 0.452. The molecule has 0 atom stereocenters. The third-order valence-electron chi connectivity index (χ3n) is 3.22. The molecule has 20 heavy (non-hydrogen) atoms. The van der Waals surface area contributed by atoms with Crippen molar-refractivity contribution in [2.75, 3.05) is 14.2 Å². The molecule has 0 fully saturated rings. The van der Waals surface area contributed by atoms with Crippen LogP contribution in [0.2, 0.25) is 0 Å². The summed E-state index contributed by atoms with van der Waals surface area (Å²) in [5.74, 6) is -2.65. The maximum absolute atomic E-state index is 12.1. The van der Waals surface area contributed by atoms with Crippen LogP contribution < -0.4 is 0 Å². The molecule has 1 aromatic carbocycles. The molecule has 0 radical (unpaired) electrons. The van der Waals surface area contributed by atoms with Gasteiger partial charge in [-0.3, -0.25) is 0 Å². The highest BCUT2D eigenvalue weighted by Crippen LogP contribution is 2.31. The number of carbonyl (C=O) groups excluding carboxylic acids is 3. The fourth-order valence-corrected chi connectivity index (χ4v) is 2.19. The molecule has 0 amide bonds. The van der Waals surface area contributed by atoms with Crippen LogP contribution >= 0.6 is 0 Å². The van der Waals surface area contributed by atoms with E-state index < -0.39 is 23.5 Å². The Morgan fingerprint density at radius 3 is 2.35 bits per heavy atom. The molecule has 0 aromatic heterocycles. The Morgan fingerprint density at radius 1 is 1.20 bits per heavy atom. The van der Waals surface area contributed by atoms with Crippen molar-refractivity contribution in [1.29, 1.82) is 0 Å². The lowest BCUT2D eigenvalue weighted by Crippen LogP contribution is -2.55. The largest absolute Gasteiger partial charge is 0.466 e. The Bertz CT molecular complexity index is 573. The molecule has 1 heterocycles. The molecule has 0 unspecified atom stereocenters. The van der Waals surface area contributed by atoms with Crippen LogP contribution in [0.5, 0.6) is 0 Å². The molecule has 1 aliphatic rings. The Hall–Kier alpha value is -2.37. The Balaban J connectivity index is 2.54. The highest BCUT2D eigenvalue weighted by molar-refractivity contribution is 6.09. The molecule has 6 nitrogen and oxygen atoms in total. The summed E-state index contributed by atoms with van der Waals surface area (Å²) in [6.45, 7) is 1.83. The van der Waals surface area contributed by atoms with E-state index in [0.29, 0.717) is 11.1 Å². The zero-order chi connectivity index (χ0) is 14.9. The molecule has 0 spiro atoms. The number of ether oxygens (including phenoxy) is 3. The maximum Gasteiger partial charge on any atom is 0.362 e. The number of aryl methyl sites for hydroxylation is 1. The molecule has 0 N–H and O–H groups in total. The molecule has 0 bridgehead atoms. The zero-order valence-corrected chi connectivity index (χ0v) is 11.4. The van der Waals surface area contributed by atoms with Crippen molar-refractivity contribution in [1.82, 2.24) is 0 Å². The van der Waals surface area contributed by atoms with Gasteiger partial charge in [-0.05, 0) is 18.6 Å². The minimum atomic E-state index is -2.07. The molecular weight excluding hydrogens is 264 g/mol. The number of esters is 3. The van der Waals surface area contributed by atoms with E-state index in [2.05, 4.69) is 9.47 Å². The van der Waals surface area contributed by atoms with Gasteiger partial charge in [-0.15, -0.1) is 0 Å². The number of rotatable bonds is 2. The average Bonchev–Trinajstić information content (AvgIpc) is 2.45. The van der Waals surface area contributed by atoms with Crippen LogP contribution in [0.3, 0.4) is 0 Å². The lowest BCUT2D eigenvalue weighted by atomic mass is 9.88. The first-order valence-corrected chi connectivity index (χ1v) is 5.94. The number of methoxy groups -OCH3 is 2. The van der Waals surface area contributed by atoms with E-state index in [1.807, 2.05) is 6.92 Å². The van der Waals surface area contributed by atoms with Crippen LogP contribution in [0.25, 0.3) is 0 Å². The maximum atomic E-state index is 12.1. The first-order valence-electron chi connectivity index (χ1n) is 5.94. The van der Waals surface area contributed by atoms with Crippen molar-refractivity contribution in [3.05, 3.63) is 34.9 Å². The Kier molecular flexibility index (Phi) is 3.48. The first kappa shape index (κ1) is 14.0. The van der Waals surface area contributed by atoms with Gasteiger partial charge in [-0.2, -0.15) is 0 Å². The number of benzene rings is 1. The Morgan fingerprint density at radius 2 is 1.80 bits per heavy atom. The van der Waals surface area contributed by atoms with E-state index in [1.165, 1.54) is 0 Å². The summed E-state index contributed by atoms with van der Waals surface area (Å²) in [5, 5.41) is 0. The van der Waals surface area contributed by atoms with Gasteiger partial charge in [0.2, 0.25) is 0 Å². The van der Waals surface area contributed by atoms with Crippen LogP contribution in [0.4, 0.5) is 0 Å². The van der Waals surface area contributed by atoms with Crippen molar-refractivity contribution in [3.63, 3.8) is 0 Å². The van der Waals surface area contributed by atoms with Gasteiger partial charge < -0.3 is 14.2 Å². The second-order valence-electron chi connectivity index (χ2n) is 4.54. The summed E-state index contributed by atoms with van der Waals surface area (Å²) in [7, 11) is 2.23. The highest BCUT2D eigenvalue weighted by Gasteiger charge is 2.55. The van der Waals surface area contributed by atoms with Crippen LogP contribution in [-0.2, 0) is 30.2 Å². The van der Waals surface area contributed by atoms with Gasteiger partial charge in [-0.1, -0.05) is 17.7 Å². The topological polar surface area (TPSA) is 78.9 Å². The monoisotopic (exact) mass is 278 g/mol. The number of cyclic esters (lactones) is 1. The predicted octanol–water partition coefficient (Wildman–Crippen LogP) is 0.793. The molecule has 1 aromatic rings.